The van der Waals surface area contributed by atoms with Gasteiger partial charge in [-0.05, 0) is 47.2 Å². The van der Waals surface area contributed by atoms with Gasteiger partial charge in [0.1, 0.15) is 0 Å². The molecule has 27 heavy (non-hydrogen) atoms. The number of tetrazole rings is 1. The van der Waals surface area contributed by atoms with Crippen LogP contribution in [0, 0.1) is 0 Å². The van der Waals surface area contributed by atoms with Crippen molar-refractivity contribution in [2.24, 2.45) is 0 Å². The van der Waals surface area contributed by atoms with Gasteiger partial charge in [0, 0.05) is 0 Å². The summed E-state index contributed by atoms with van der Waals surface area (Å²) in [6, 6.07) is 15.0. The summed E-state index contributed by atoms with van der Waals surface area (Å²) in [7, 11) is 0. The van der Waals surface area contributed by atoms with Crippen LogP contribution in [0.3, 0.4) is 0 Å². The Morgan fingerprint density at radius 2 is 2.04 bits per heavy atom. The fourth-order valence-electron chi connectivity index (χ4n) is 2.68. The number of fused-ring (bicyclic) bond motifs is 1. The summed E-state index contributed by atoms with van der Waals surface area (Å²) in [5.41, 5.74) is 1.80. The molecule has 1 atom stereocenters. The number of hydrogen-bond acceptors (Lipinski definition) is 7. The van der Waals surface area contributed by atoms with Crippen LogP contribution in [0.5, 0.6) is 11.5 Å². The van der Waals surface area contributed by atoms with Crippen molar-refractivity contribution in [2.75, 3.05) is 12.5 Å². The Kier molecular flexibility index (Phi) is 4.93. The van der Waals surface area contributed by atoms with Crippen LogP contribution < -0.4 is 14.8 Å². The van der Waals surface area contributed by atoms with Gasteiger partial charge in [0.25, 0.3) is 0 Å². The molecule has 0 saturated carbocycles. The molecule has 2 heterocycles. The van der Waals surface area contributed by atoms with Crippen LogP contribution in [0.4, 0.5) is 0 Å². The monoisotopic (exact) mass is 383 g/mol. The highest BCUT2D eigenvalue weighted by atomic mass is 32.2. The molecular formula is C18H17N5O3S. The average Bonchev–Trinajstić information content (AvgIpc) is 3.35. The van der Waals surface area contributed by atoms with E-state index in [1.807, 2.05) is 55.5 Å². The molecule has 1 aromatic heterocycles. The number of aromatic nitrogens is 4. The van der Waals surface area contributed by atoms with Crippen LogP contribution in [0.15, 0.2) is 53.7 Å². The number of rotatable bonds is 6. The van der Waals surface area contributed by atoms with Gasteiger partial charge in [0.15, 0.2) is 11.5 Å². The van der Waals surface area contributed by atoms with Crippen molar-refractivity contribution in [3.63, 3.8) is 0 Å². The van der Waals surface area contributed by atoms with E-state index in [1.165, 1.54) is 11.8 Å². The minimum absolute atomic E-state index is 0.104. The van der Waals surface area contributed by atoms with Crippen molar-refractivity contribution < 1.29 is 14.3 Å². The molecule has 138 valence electrons. The van der Waals surface area contributed by atoms with Crippen LogP contribution in [0.2, 0.25) is 0 Å². The second-order valence-corrected chi connectivity index (χ2v) is 6.84. The van der Waals surface area contributed by atoms with Gasteiger partial charge in [0.05, 0.1) is 17.5 Å². The van der Waals surface area contributed by atoms with Crippen molar-refractivity contribution in [1.29, 1.82) is 0 Å². The standard InChI is InChI=1S/C18H17N5O3S/c1-12(13-7-8-15-16(9-13)26-11-25-15)19-17(24)10-27-18-20-21-22-23(18)14-5-3-2-4-6-14/h2-9,12H,10-11H2,1H3,(H,19,24)/t12-/m1/s1. The number of nitrogens with zero attached hydrogens (tertiary/aromatic N) is 4. The highest BCUT2D eigenvalue weighted by Gasteiger charge is 2.17. The normalized spacial score (nSPS) is 13.4. The fraction of sp³-hybridized carbons (Fsp3) is 0.222. The van der Waals surface area contributed by atoms with Crippen LogP contribution in [0.25, 0.3) is 5.69 Å². The van der Waals surface area contributed by atoms with Crippen LogP contribution in [-0.2, 0) is 4.79 Å². The molecule has 2 aromatic carbocycles. The number of nitrogens with one attached hydrogen (secondary N) is 1. The van der Waals surface area contributed by atoms with E-state index in [0.29, 0.717) is 10.9 Å². The minimum atomic E-state index is -0.155. The highest BCUT2D eigenvalue weighted by molar-refractivity contribution is 7.99. The molecule has 0 bridgehead atoms. The van der Waals surface area contributed by atoms with Crippen molar-refractivity contribution in [3.05, 3.63) is 54.1 Å². The van der Waals surface area contributed by atoms with E-state index in [4.69, 9.17) is 9.47 Å². The average molecular weight is 383 g/mol. The Labute approximate surface area is 159 Å². The molecule has 0 spiro atoms. The highest BCUT2D eigenvalue weighted by Crippen LogP contribution is 2.34. The lowest BCUT2D eigenvalue weighted by atomic mass is 10.1. The Morgan fingerprint density at radius 3 is 2.89 bits per heavy atom. The molecule has 1 aliphatic heterocycles. The Bertz CT molecular complexity index is 947. The van der Waals surface area contributed by atoms with Gasteiger partial charge in [-0.15, -0.1) is 5.10 Å². The zero-order chi connectivity index (χ0) is 18.6. The molecule has 9 heteroatoms. The fourth-order valence-corrected chi connectivity index (χ4v) is 3.38. The summed E-state index contributed by atoms with van der Waals surface area (Å²) in [5.74, 6) is 1.53. The topological polar surface area (TPSA) is 91.2 Å². The molecule has 1 N–H and O–H groups in total. The summed E-state index contributed by atoms with van der Waals surface area (Å²) in [6.45, 7) is 2.15. The zero-order valence-electron chi connectivity index (χ0n) is 14.5. The third kappa shape index (κ3) is 3.87. The molecule has 0 unspecified atom stereocenters. The number of thioether (sulfide) groups is 1. The quantitative estimate of drug-likeness (QED) is 0.653. The molecule has 0 aliphatic carbocycles. The van der Waals surface area contributed by atoms with Gasteiger partial charge in [-0.25, -0.2) is 0 Å². The van der Waals surface area contributed by atoms with Crippen LogP contribution in [0.1, 0.15) is 18.5 Å². The number of benzene rings is 2. The maximum absolute atomic E-state index is 12.3. The first-order chi connectivity index (χ1) is 13.2. The predicted octanol–water partition coefficient (Wildman–Crippen LogP) is 2.36. The maximum Gasteiger partial charge on any atom is 0.231 e. The number of ether oxygens (including phenoxy) is 2. The lowest BCUT2D eigenvalue weighted by Gasteiger charge is -2.14. The van der Waals surface area contributed by atoms with E-state index >= 15 is 0 Å². The van der Waals surface area contributed by atoms with E-state index in [9.17, 15) is 4.79 Å². The van der Waals surface area contributed by atoms with Crippen molar-refractivity contribution in [2.45, 2.75) is 18.1 Å². The third-order valence-corrected chi connectivity index (χ3v) is 4.97. The smallest absolute Gasteiger partial charge is 0.231 e. The van der Waals surface area contributed by atoms with Gasteiger partial charge in [-0.1, -0.05) is 36.0 Å². The van der Waals surface area contributed by atoms with Gasteiger partial charge >= 0.3 is 0 Å². The minimum Gasteiger partial charge on any atom is -0.454 e. The van der Waals surface area contributed by atoms with E-state index < -0.39 is 0 Å². The van der Waals surface area contributed by atoms with Crippen molar-refractivity contribution >= 4 is 17.7 Å². The van der Waals surface area contributed by atoms with E-state index in [-0.39, 0.29) is 24.5 Å². The molecular weight excluding hydrogens is 366 g/mol. The number of carbonyl (C=O) groups is 1. The summed E-state index contributed by atoms with van der Waals surface area (Å²) >= 11 is 1.28. The Hall–Kier alpha value is -3.07. The molecule has 1 amide bonds. The summed E-state index contributed by atoms with van der Waals surface area (Å²) in [5, 5.41) is 15.2. The summed E-state index contributed by atoms with van der Waals surface area (Å²) < 4.78 is 12.3. The molecule has 1 aliphatic rings. The van der Waals surface area contributed by atoms with E-state index in [1.54, 1.807) is 4.68 Å². The van der Waals surface area contributed by atoms with Crippen molar-refractivity contribution in [3.8, 4) is 17.2 Å². The number of para-hydroxylation sites is 1. The molecule has 0 fully saturated rings. The molecule has 4 rings (SSSR count). The first kappa shape index (κ1) is 17.3. The van der Waals surface area contributed by atoms with Gasteiger partial charge in [-0.2, -0.15) is 4.68 Å². The Morgan fingerprint density at radius 1 is 1.22 bits per heavy atom. The molecule has 8 nitrogen and oxygen atoms in total. The predicted molar refractivity (Wildman–Crippen MR) is 99.0 cm³/mol. The second-order valence-electron chi connectivity index (χ2n) is 5.90. The number of carbonyl (C=O) groups excluding carboxylic acids is 1. The maximum atomic E-state index is 12.3. The van der Waals surface area contributed by atoms with Crippen LogP contribution >= 0.6 is 11.8 Å². The van der Waals surface area contributed by atoms with E-state index in [0.717, 1.165) is 17.0 Å². The zero-order valence-corrected chi connectivity index (χ0v) is 15.3. The molecule has 3 aromatic rings. The second kappa shape index (κ2) is 7.67. The molecule has 0 radical (unpaired) electrons. The summed E-state index contributed by atoms with van der Waals surface area (Å²) in [6.07, 6.45) is 0. The largest absolute Gasteiger partial charge is 0.454 e. The summed E-state index contributed by atoms with van der Waals surface area (Å²) in [4.78, 5) is 12.3. The first-order valence-electron chi connectivity index (χ1n) is 8.36. The lowest BCUT2D eigenvalue weighted by Crippen LogP contribution is -2.28. The number of hydrogen-bond donors (Lipinski definition) is 1. The SMILES string of the molecule is C[C@@H](NC(=O)CSc1nnnn1-c1ccccc1)c1ccc2c(c1)OCO2. The van der Waals surface area contributed by atoms with Gasteiger partial charge in [-0.3, -0.25) is 4.79 Å². The van der Waals surface area contributed by atoms with Crippen molar-refractivity contribution in [1.82, 2.24) is 25.5 Å². The van der Waals surface area contributed by atoms with Crippen LogP contribution in [-0.4, -0.2) is 38.7 Å². The van der Waals surface area contributed by atoms with E-state index in [2.05, 4.69) is 20.8 Å². The number of amides is 1. The Balaban J connectivity index is 1.36. The molecule has 0 saturated heterocycles. The van der Waals surface area contributed by atoms with Gasteiger partial charge < -0.3 is 14.8 Å². The van der Waals surface area contributed by atoms with Gasteiger partial charge in [0.2, 0.25) is 17.9 Å². The first-order valence-corrected chi connectivity index (χ1v) is 9.35. The lowest BCUT2D eigenvalue weighted by molar-refractivity contribution is -0.119. The third-order valence-electron chi connectivity index (χ3n) is 4.05.